The Hall–Kier alpha value is -3.45. The van der Waals surface area contributed by atoms with Crippen LogP contribution in [0.15, 0.2) is 72.1 Å². The molecule has 3 aromatic rings. The minimum absolute atomic E-state index is 0.116. The van der Waals surface area contributed by atoms with Crippen molar-refractivity contribution in [3.8, 4) is 0 Å². The zero-order valence-electron chi connectivity index (χ0n) is 15.7. The van der Waals surface area contributed by atoms with E-state index in [1.807, 2.05) is 41.8 Å². The summed E-state index contributed by atoms with van der Waals surface area (Å²) in [7, 11) is 0. The van der Waals surface area contributed by atoms with Crippen LogP contribution in [-0.4, -0.2) is 30.8 Å². The van der Waals surface area contributed by atoms with Crippen LogP contribution in [0.4, 0.5) is 5.69 Å². The normalized spacial score (nSPS) is 10.2. The van der Waals surface area contributed by atoms with Crippen LogP contribution in [0.1, 0.15) is 25.6 Å². The largest absolute Gasteiger partial charge is 0.350 e. The van der Waals surface area contributed by atoms with Crippen LogP contribution in [0, 0.1) is 0 Å². The second kappa shape index (κ2) is 10.2. The fourth-order valence-electron chi connectivity index (χ4n) is 2.64. The quantitative estimate of drug-likeness (QED) is 0.502. The lowest BCUT2D eigenvalue weighted by Gasteiger charge is -2.08. The Labute approximate surface area is 173 Å². The van der Waals surface area contributed by atoms with Crippen molar-refractivity contribution in [3.05, 3.63) is 88.1 Å². The van der Waals surface area contributed by atoms with Gasteiger partial charge in [-0.15, -0.1) is 11.3 Å². The second-order valence-electron chi connectivity index (χ2n) is 6.28. The maximum absolute atomic E-state index is 12.2. The Morgan fingerprint density at radius 3 is 2.10 bits per heavy atom. The number of thiophene rings is 1. The molecule has 0 saturated heterocycles. The van der Waals surface area contributed by atoms with Gasteiger partial charge >= 0.3 is 0 Å². The summed E-state index contributed by atoms with van der Waals surface area (Å²) in [5.74, 6) is -0.503. The summed E-state index contributed by atoms with van der Waals surface area (Å²) in [5, 5.41) is 10.2. The predicted octanol–water partition coefficient (Wildman–Crippen LogP) is 3.09. The van der Waals surface area contributed by atoms with Gasteiger partial charge < -0.3 is 16.0 Å². The molecule has 7 heteroatoms. The molecule has 3 N–H and O–H groups in total. The number of anilines is 1. The van der Waals surface area contributed by atoms with E-state index in [1.165, 1.54) is 11.3 Å². The van der Waals surface area contributed by atoms with E-state index in [-0.39, 0.29) is 17.7 Å². The number of amides is 3. The van der Waals surface area contributed by atoms with Crippen molar-refractivity contribution < 1.29 is 14.4 Å². The van der Waals surface area contributed by atoms with Gasteiger partial charge in [-0.25, -0.2) is 0 Å². The molecule has 0 aliphatic carbocycles. The molecule has 29 heavy (non-hydrogen) atoms. The molecule has 1 heterocycles. The molecule has 3 amide bonds. The molecule has 2 aromatic carbocycles. The van der Waals surface area contributed by atoms with E-state index >= 15 is 0 Å². The Morgan fingerprint density at radius 2 is 1.45 bits per heavy atom. The van der Waals surface area contributed by atoms with Crippen molar-refractivity contribution in [3.63, 3.8) is 0 Å². The topological polar surface area (TPSA) is 87.3 Å². The van der Waals surface area contributed by atoms with Crippen LogP contribution >= 0.6 is 11.3 Å². The molecule has 3 rings (SSSR count). The molecule has 0 bridgehead atoms. The first kappa shape index (κ1) is 20.3. The van der Waals surface area contributed by atoms with Gasteiger partial charge in [0.05, 0.1) is 11.3 Å². The van der Waals surface area contributed by atoms with Gasteiger partial charge in [0, 0.05) is 24.3 Å². The molecular formula is C22H21N3O3S. The maximum Gasteiger partial charge on any atom is 0.261 e. The van der Waals surface area contributed by atoms with E-state index in [0.29, 0.717) is 35.6 Å². The van der Waals surface area contributed by atoms with Crippen LogP contribution in [0.3, 0.4) is 0 Å². The van der Waals surface area contributed by atoms with E-state index in [4.69, 9.17) is 0 Å². The fourth-order valence-corrected chi connectivity index (χ4v) is 3.28. The van der Waals surface area contributed by atoms with Gasteiger partial charge in [0.2, 0.25) is 5.91 Å². The van der Waals surface area contributed by atoms with Crippen molar-refractivity contribution in [2.75, 3.05) is 18.4 Å². The molecule has 6 nitrogen and oxygen atoms in total. The second-order valence-corrected chi connectivity index (χ2v) is 7.22. The van der Waals surface area contributed by atoms with Gasteiger partial charge in [0.25, 0.3) is 11.8 Å². The van der Waals surface area contributed by atoms with Crippen molar-refractivity contribution in [2.24, 2.45) is 0 Å². The van der Waals surface area contributed by atoms with Crippen molar-refractivity contribution in [2.45, 2.75) is 6.42 Å². The minimum Gasteiger partial charge on any atom is -0.350 e. The number of rotatable bonds is 8. The third-order valence-electron chi connectivity index (χ3n) is 4.08. The Morgan fingerprint density at radius 1 is 0.759 bits per heavy atom. The first-order valence-corrected chi connectivity index (χ1v) is 10.0. The van der Waals surface area contributed by atoms with E-state index < -0.39 is 0 Å². The monoisotopic (exact) mass is 407 g/mol. The molecule has 0 unspecified atom stereocenters. The maximum atomic E-state index is 12.2. The zero-order chi connectivity index (χ0) is 20.5. The lowest BCUT2D eigenvalue weighted by atomic mass is 10.1. The van der Waals surface area contributed by atoms with E-state index in [1.54, 1.807) is 30.3 Å². The first-order valence-electron chi connectivity index (χ1n) is 9.15. The molecule has 0 spiro atoms. The summed E-state index contributed by atoms with van der Waals surface area (Å²) in [5.41, 5.74) is 2.05. The Bertz CT molecular complexity index is 955. The summed E-state index contributed by atoms with van der Waals surface area (Å²) < 4.78 is 0. The van der Waals surface area contributed by atoms with Crippen LogP contribution in [0.5, 0.6) is 0 Å². The highest BCUT2D eigenvalue weighted by Gasteiger charge is 2.08. The number of hydrogen-bond donors (Lipinski definition) is 3. The highest BCUT2D eigenvalue weighted by Crippen LogP contribution is 2.11. The number of carbonyl (C=O) groups excluding carboxylic acids is 3. The highest BCUT2D eigenvalue weighted by molar-refractivity contribution is 7.12. The van der Waals surface area contributed by atoms with Gasteiger partial charge in [0.15, 0.2) is 0 Å². The summed E-state index contributed by atoms with van der Waals surface area (Å²) >= 11 is 1.37. The van der Waals surface area contributed by atoms with Crippen molar-refractivity contribution >= 4 is 34.7 Å². The summed E-state index contributed by atoms with van der Waals surface area (Å²) in [6.45, 7) is 0.668. The van der Waals surface area contributed by atoms with E-state index in [9.17, 15) is 14.4 Å². The standard InChI is InChI=1S/C22H21N3O3S/c26-20(15-16-5-2-1-3-6-16)25-18-10-8-17(9-11-18)21(27)23-12-13-24-22(28)19-7-4-14-29-19/h1-11,14H,12-13,15H2,(H,23,27)(H,24,28)(H,25,26). The first-order chi connectivity index (χ1) is 14.1. The lowest BCUT2D eigenvalue weighted by Crippen LogP contribution is -2.34. The average Bonchev–Trinajstić information content (AvgIpc) is 3.27. The SMILES string of the molecule is O=C(Cc1ccccc1)Nc1ccc(C(=O)NCCNC(=O)c2cccs2)cc1. The van der Waals surface area contributed by atoms with Crippen LogP contribution in [0.25, 0.3) is 0 Å². The predicted molar refractivity (Wildman–Crippen MR) is 114 cm³/mol. The molecule has 0 radical (unpaired) electrons. The van der Waals surface area contributed by atoms with Gasteiger partial charge in [-0.3, -0.25) is 14.4 Å². The fraction of sp³-hybridized carbons (Fsp3) is 0.136. The number of carbonyl (C=O) groups is 3. The molecule has 1 aromatic heterocycles. The van der Waals surface area contributed by atoms with Gasteiger partial charge in [-0.05, 0) is 41.3 Å². The van der Waals surface area contributed by atoms with Gasteiger partial charge in [-0.1, -0.05) is 36.4 Å². The summed E-state index contributed by atoms with van der Waals surface area (Å²) in [6, 6.07) is 19.7. The van der Waals surface area contributed by atoms with Gasteiger partial charge in [-0.2, -0.15) is 0 Å². The Balaban J connectivity index is 1.41. The van der Waals surface area contributed by atoms with Crippen molar-refractivity contribution in [1.82, 2.24) is 10.6 Å². The van der Waals surface area contributed by atoms with Crippen LogP contribution in [0.2, 0.25) is 0 Å². The molecular weight excluding hydrogens is 386 g/mol. The molecule has 0 saturated carbocycles. The minimum atomic E-state index is -0.238. The zero-order valence-corrected chi connectivity index (χ0v) is 16.5. The molecule has 148 valence electrons. The molecule has 0 atom stereocenters. The molecule has 0 aliphatic rings. The number of benzene rings is 2. The van der Waals surface area contributed by atoms with E-state index in [2.05, 4.69) is 16.0 Å². The summed E-state index contributed by atoms with van der Waals surface area (Å²) in [6.07, 6.45) is 0.292. The molecule has 0 fully saturated rings. The third kappa shape index (κ3) is 6.29. The third-order valence-corrected chi connectivity index (χ3v) is 4.95. The number of hydrogen-bond acceptors (Lipinski definition) is 4. The molecule has 0 aliphatic heterocycles. The lowest BCUT2D eigenvalue weighted by molar-refractivity contribution is -0.115. The highest BCUT2D eigenvalue weighted by atomic mass is 32.1. The Kier molecular flexibility index (Phi) is 7.13. The van der Waals surface area contributed by atoms with Crippen LogP contribution in [-0.2, 0) is 11.2 Å². The number of nitrogens with one attached hydrogen (secondary N) is 3. The summed E-state index contributed by atoms with van der Waals surface area (Å²) in [4.78, 5) is 36.7. The van der Waals surface area contributed by atoms with Gasteiger partial charge in [0.1, 0.15) is 0 Å². The van der Waals surface area contributed by atoms with Crippen molar-refractivity contribution in [1.29, 1.82) is 0 Å². The van der Waals surface area contributed by atoms with Crippen LogP contribution < -0.4 is 16.0 Å². The average molecular weight is 407 g/mol. The van der Waals surface area contributed by atoms with E-state index in [0.717, 1.165) is 5.56 Å². The smallest absolute Gasteiger partial charge is 0.261 e.